The lowest BCUT2D eigenvalue weighted by molar-refractivity contribution is 0.601. The van der Waals surface area contributed by atoms with Gasteiger partial charge in [-0.05, 0) is 25.5 Å². The molecule has 1 aliphatic rings. The quantitative estimate of drug-likeness (QED) is 0.349. The molecule has 0 bridgehead atoms. The van der Waals surface area contributed by atoms with Crippen LogP contribution in [-0.2, 0) is 9.84 Å². The van der Waals surface area contributed by atoms with Crippen molar-refractivity contribution in [2.24, 2.45) is 4.99 Å². The van der Waals surface area contributed by atoms with Gasteiger partial charge in [0.2, 0.25) is 0 Å². The monoisotopic (exact) mass is 501 g/mol. The Bertz CT molecular complexity index is 686. The molecule has 0 spiro atoms. The van der Waals surface area contributed by atoms with Gasteiger partial charge in [0.05, 0.1) is 17.3 Å². The second kappa shape index (κ2) is 10.4. The molecule has 1 aliphatic heterocycles. The van der Waals surface area contributed by atoms with Gasteiger partial charge in [0, 0.05) is 38.1 Å². The second-order valence-electron chi connectivity index (χ2n) is 5.78. The van der Waals surface area contributed by atoms with Gasteiger partial charge in [-0.15, -0.1) is 24.0 Å². The lowest BCUT2D eigenvalue weighted by atomic mass is 10.3. The van der Waals surface area contributed by atoms with Crippen LogP contribution in [0.25, 0.3) is 0 Å². The van der Waals surface area contributed by atoms with Crippen molar-refractivity contribution >= 4 is 57.2 Å². The summed E-state index contributed by atoms with van der Waals surface area (Å²) < 4.78 is 22.4. The Hall–Kier alpha value is -0.810. The largest absolute Gasteiger partial charge is 0.357 e. The van der Waals surface area contributed by atoms with Gasteiger partial charge in [-0.25, -0.2) is 13.4 Å². The van der Waals surface area contributed by atoms with Crippen molar-refractivity contribution in [1.82, 2.24) is 15.6 Å². The van der Waals surface area contributed by atoms with E-state index in [2.05, 4.69) is 25.5 Å². The predicted molar refractivity (Wildman–Crippen MR) is 114 cm³/mol. The van der Waals surface area contributed by atoms with E-state index in [-0.39, 0.29) is 42.3 Å². The maximum absolute atomic E-state index is 11.2. The summed E-state index contributed by atoms with van der Waals surface area (Å²) >= 11 is 6.20. The molecule has 1 atom stereocenters. The maximum atomic E-state index is 11.2. The molecule has 7 nitrogen and oxygen atoms in total. The van der Waals surface area contributed by atoms with E-state index in [1.165, 1.54) is 6.26 Å². The average Bonchev–Trinajstić information content (AvgIpc) is 2.95. The summed E-state index contributed by atoms with van der Waals surface area (Å²) in [6, 6.07) is 3.86. The van der Waals surface area contributed by atoms with Crippen LogP contribution in [0, 0.1) is 0 Å². The molecule has 1 unspecified atom stereocenters. The van der Waals surface area contributed by atoms with E-state index in [1.54, 1.807) is 6.20 Å². The summed E-state index contributed by atoms with van der Waals surface area (Å²) in [5.74, 6) is 1.48. The van der Waals surface area contributed by atoms with E-state index >= 15 is 0 Å². The van der Waals surface area contributed by atoms with Gasteiger partial charge in [-0.1, -0.05) is 11.6 Å². The number of anilines is 1. The molecule has 0 aromatic carbocycles. The van der Waals surface area contributed by atoms with E-state index in [1.807, 2.05) is 19.1 Å². The summed E-state index contributed by atoms with van der Waals surface area (Å²) in [4.78, 5) is 10.8. The van der Waals surface area contributed by atoms with Gasteiger partial charge < -0.3 is 15.5 Å². The highest BCUT2D eigenvalue weighted by molar-refractivity contribution is 14.0. The van der Waals surface area contributed by atoms with Gasteiger partial charge in [0.15, 0.2) is 5.96 Å². The summed E-state index contributed by atoms with van der Waals surface area (Å²) in [5.41, 5.74) is 0. The molecule has 0 saturated carbocycles. The number of nitrogens with one attached hydrogen (secondary N) is 2. The highest BCUT2D eigenvalue weighted by atomic mass is 127. The molecule has 1 aromatic rings. The Labute approximate surface area is 171 Å². The number of aliphatic imine (C=N–C) groups is 1. The Morgan fingerprint density at radius 2 is 2.28 bits per heavy atom. The third-order valence-electron chi connectivity index (χ3n) is 3.64. The highest BCUT2D eigenvalue weighted by Crippen LogP contribution is 2.25. The lowest BCUT2D eigenvalue weighted by Crippen LogP contribution is -2.44. The minimum Gasteiger partial charge on any atom is -0.357 e. The van der Waals surface area contributed by atoms with E-state index in [0.29, 0.717) is 17.5 Å². The van der Waals surface area contributed by atoms with Crippen LogP contribution in [0.2, 0.25) is 5.02 Å². The number of halogens is 2. The predicted octanol–water partition coefficient (Wildman–Crippen LogP) is 1.53. The zero-order chi connectivity index (χ0) is 17.6. The zero-order valence-corrected chi connectivity index (χ0v) is 18.3. The minimum atomic E-state index is -3.01. The van der Waals surface area contributed by atoms with Crippen molar-refractivity contribution in [3.8, 4) is 0 Å². The summed E-state index contributed by atoms with van der Waals surface area (Å²) in [5, 5.41) is 7.14. The molecule has 2 heterocycles. The van der Waals surface area contributed by atoms with Crippen LogP contribution in [0.15, 0.2) is 23.3 Å². The van der Waals surface area contributed by atoms with Crippen molar-refractivity contribution in [2.75, 3.05) is 43.1 Å². The van der Waals surface area contributed by atoms with Gasteiger partial charge in [0.1, 0.15) is 15.7 Å². The van der Waals surface area contributed by atoms with E-state index in [9.17, 15) is 8.42 Å². The van der Waals surface area contributed by atoms with E-state index in [0.717, 1.165) is 25.3 Å². The smallest absolute Gasteiger partial charge is 0.191 e. The van der Waals surface area contributed by atoms with E-state index < -0.39 is 9.84 Å². The summed E-state index contributed by atoms with van der Waals surface area (Å²) in [6.07, 6.45) is 3.89. The fourth-order valence-corrected chi connectivity index (χ4v) is 3.18. The first kappa shape index (κ1) is 22.2. The van der Waals surface area contributed by atoms with Crippen molar-refractivity contribution < 1.29 is 8.42 Å². The van der Waals surface area contributed by atoms with E-state index in [4.69, 9.17) is 11.6 Å². The minimum absolute atomic E-state index is 0. The molecule has 1 saturated heterocycles. The number of guanidine groups is 1. The molecular formula is C15H25ClIN5O2S. The molecule has 10 heteroatoms. The molecule has 2 N–H and O–H groups in total. The molecule has 142 valence electrons. The standard InChI is InChI=1S/C15H24ClN5O2S.HI/c1-3-17-15(19-8-10-24(2,22)23)20-12-6-9-21(11-12)14-13(16)5-4-7-18-14;/h4-5,7,12H,3,6,8-11H2,1-2H3,(H2,17,19,20);1H. The number of sulfone groups is 1. The van der Waals surface area contributed by atoms with Crippen molar-refractivity contribution in [1.29, 1.82) is 0 Å². The number of aromatic nitrogens is 1. The van der Waals surface area contributed by atoms with Gasteiger partial charge >= 0.3 is 0 Å². The number of rotatable bonds is 6. The first-order chi connectivity index (χ1) is 11.4. The Morgan fingerprint density at radius 3 is 2.92 bits per heavy atom. The topological polar surface area (TPSA) is 86.7 Å². The molecule has 0 amide bonds. The Kier molecular flexibility index (Phi) is 9.22. The van der Waals surface area contributed by atoms with Crippen LogP contribution >= 0.6 is 35.6 Å². The van der Waals surface area contributed by atoms with Crippen LogP contribution in [0.3, 0.4) is 0 Å². The fourth-order valence-electron chi connectivity index (χ4n) is 2.52. The summed E-state index contributed by atoms with van der Waals surface area (Å²) in [6.45, 7) is 4.57. The zero-order valence-electron chi connectivity index (χ0n) is 14.4. The first-order valence-corrected chi connectivity index (χ1v) is 10.4. The van der Waals surface area contributed by atoms with Crippen LogP contribution in [0.4, 0.5) is 5.82 Å². The molecule has 1 fully saturated rings. The molecular weight excluding hydrogens is 477 g/mol. The number of nitrogens with zero attached hydrogens (tertiary/aromatic N) is 3. The van der Waals surface area contributed by atoms with Crippen molar-refractivity contribution in [2.45, 2.75) is 19.4 Å². The van der Waals surface area contributed by atoms with Crippen LogP contribution < -0.4 is 15.5 Å². The first-order valence-electron chi connectivity index (χ1n) is 7.97. The highest BCUT2D eigenvalue weighted by Gasteiger charge is 2.25. The number of hydrogen-bond acceptors (Lipinski definition) is 5. The Balaban J connectivity index is 0.00000312. The van der Waals surface area contributed by atoms with Crippen molar-refractivity contribution in [3.05, 3.63) is 23.4 Å². The third-order valence-corrected chi connectivity index (χ3v) is 4.86. The van der Waals surface area contributed by atoms with Crippen LogP contribution in [-0.4, -0.2) is 63.6 Å². The Morgan fingerprint density at radius 1 is 1.52 bits per heavy atom. The van der Waals surface area contributed by atoms with Crippen molar-refractivity contribution in [3.63, 3.8) is 0 Å². The maximum Gasteiger partial charge on any atom is 0.191 e. The average molecular weight is 502 g/mol. The molecule has 1 aromatic heterocycles. The van der Waals surface area contributed by atoms with Crippen LogP contribution in [0.1, 0.15) is 13.3 Å². The molecule has 25 heavy (non-hydrogen) atoms. The number of pyridine rings is 1. The van der Waals surface area contributed by atoms with Crippen LogP contribution in [0.5, 0.6) is 0 Å². The van der Waals surface area contributed by atoms with Gasteiger partial charge in [-0.3, -0.25) is 4.99 Å². The SMILES string of the molecule is CCNC(=NCCS(C)(=O)=O)NC1CCN(c2ncccc2Cl)C1.I. The second-order valence-corrected chi connectivity index (χ2v) is 8.44. The molecule has 2 rings (SSSR count). The normalized spacial score (nSPS) is 18.0. The number of hydrogen-bond donors (Lipinski definition) is 2. The molecule has 0 aliphatic carbocycles. The molecule has 0 radical (unpaired) electrons. The van der Waals surface area contributed by atoms with Gasteiger partial charge in [0.25, 0.3) is 0 Å². The van der Waals surface area contributed by atoms with Gasteiger partial charge in [-0.2, -0.15) is 0 Å². The summed E-state index contributed by atoms with van der Waals surface area (Å²) in [7, 11) is -3.01. The lowest BCUT2D eigenvalue weighted by Gasteiger charge is -2.20. The fraction of sp³-hybridized carbons (Fsp3) is 0.600. The third kappa shape index (κ3) is 7.53.